The van der Waals surface area contributed by atoms with Crippen molar-refractivity contribution in [3.8, 4) is 5.75 Å². The van der Waals surface area contributed by atoms with E-state index >= 15 is 0 Å². The fourth-order valence-corrected chi connectivity index (χ4v) is 2.14. The van der Waals surface area contributed by atoms with Crippen LogP contribution in [0.1, 0.15) is 24.6 Å². The highest BCUT2D eigenvalue weighted by Crippen LogP contribution is 2.14. The van der Waals surface area contributed by atoms with Crippen molar-refractivity contribution in [2.24, 2.45) is 5.73 Å². The third kappa shape index (κ3) is 3.95. The Balaban J connectivity index is 2.18. The summed E-state index contributed by atoms with van der Waals surface area (Å²) < 4.78 is 7.72. The van der Waals surface area contributed by atoms with Crippen LogP contribution in [-0.4, -0.2) is 10.6 Å². The summed E-state index contributed by atoms with van der Waals surface area (Å²) in [6, 6.07) is 11.4. The van der Waals surface area contributed by atoms with Gasteiger partial charge in [-0.25, -0.2) is 0 Å². The number of ether oxygens (including phenoxy) is 1. The van der Waals surface area contributed by atoms with E-state index in [2.05, 4.69) is 6.92 Å². The lowest BCUT2D eigenvalue weighted by Gasteiger charge is -2.17. The average molecular weight is 286 g/mol. The van der Waals surface area contributed by atoms with Crippen molar-refractivity contribution in [1.29, 1.82) is 0 Å². The molecule has 112 valence electrons. The smallest absolute Gasteiger partial charge is 0.223 e. The van der Waals surface area contributed by atoms with Gasteiger partial charge in [0, 0.05) is 24.8 Å². The van der Waals surface area contributed by atoms with E-state index in [1.807, 2.05) is 41.8 Å². The van der Waals surface area contributed by atoms with Gasteiger partial charge in [0.05, 0.1) is 5.69 Å². The van der Waals surface area contributed by atoms with Gasteiger partial charge in [0.25, 0.3) is 0 Å². The molecule has 4 heteroatoms. The molecule has 0 fully saturated rings. The van der Waals surface area contributed by atoms with Crippen molar-refractivity contribution in [3.05, 3.63) is 64.1 Å². The highest BCUT2D eigenvalue weighted by Gasteiger charge is 2.10. The molecule has 0 aliphatic heterocycles. The first-order valence-electron chi connectivity index (χ1n) is 7.24. The molecule has 0 radical (unpaired) electrons. The van der Waals surface area contributed by atoms with E-state index in [0.29, 0.717) is 18.9 Å². The molecule has 1 unspecified atom stereocenters. The normalized spacial score (nSPS) is 12.1. The quantitative estimate of drug-likeness (QED) is 0.887. The van der Waals surface area contributed by atoms with Gasteiger partial charge in [-0.15, -0.1) is 0 Å². The summed E-state index contributed by atoms with van der Waals surface area (Å²) >= 11 is 0. The molecule has 0 spiro atoms. The van der Waals surface area contributed by atoms with Gasteiger partial charge in [0.15, 0.2) is 5.75 Å². The fraction of sp³-hybridized carbons (Fsp3) is 0.353. The van der Waals surface area contributed by atoms with Crippen LogP contribution in [0.15, 0.2) is 47.4 Å². The summed E-state index contributed by atoms with van der Waals surface area (Å²) in [6.07, 6.45) is 2.67. The molecule has 1 heterocycles. The summed E-state index contributed by atoms with van der Waals surface area (Å²) in [5.41, 5.74) is 7.75. The Bertz CT molecular complexity index is 635. The lowest BCUT2D eigenvalue weighted by molar-refractivity contribution is 0.296. The highest BCUT2D eigenvalue weighted by atomic mass is 16.5. The van der Waals surface area contributed by atoms with Crippen LogP contribution in [-0.2, 0) is 13.2 Å². The average Bonchev–Trinajstić information content (AvgIpc) is 2.51. The maximum absolute atomic E-state index is 12.0. The molecule has 0 aliphatic rings. The van der Waals surface area contributed by atoms with E-state index in [9.17, 15) is 4.79 Å². The molecule has 1 aromatic heterocycles. The van der Waals surface area contributed by atoms with Crippen LogP contribution in [0.25, 0.3) is 0 Å². The number of aromatic nitrogens is 1. The van der Waals surface area contributed by atoms with Crippen LogP contribution >= 0.6 is 0 Å². The maximum atomic E-state index is 12.0. The molecule has 1 aromatic carbocycles. The second kappa shape index (κ2) is 7.09. The largest absolute Gasteiger partial charge is 0.483 e. The Hall–Kier alpha value is -2.07. The lowest BCUT2D eigenvalue weighted by Crippen LogP contribution is -2.27. The predicted molar refractivity (Wildman–Crippen MR) is 84.5 cm³/mol. The third-order valence-electron chi connectivity index (χ3n) is 3.57. The van der Waals surface area contributed by atoms with Gasteiger partial charge in [0.1, 0.15) is 6.61 Å². The molecule has 0 bridgehead atoms. The monoisotopic (exact) mass is 286 g/mol. The summed E-state index contributed by atoms with van der Waals surface area (Å²) in [4.78, 5) is 12.0. The summed E-state index contributed by atoms with van der Waals surface area (Å²) in [5, 5.41) is 0. The van der Waals surface area contributed by atoms with E-state index < -0.39 is 0 Å². The summed E-state index contributed by atoms with van der Waals surface area (Å²) in [7, 11) is 0. The zero-order valence-electron chi connectivity index (χ0n) is 12.6. The second-order valence-corrected chi connectivity index (χ2v) is 5.19. The van der Waals surface area contributed by atoms with Gasteiger partial charge in [0.2, 0.25) is 5.43 Å². The second-order valence-electron chi connectivity index (χ2n) is 5.19. The van der Waals surface area contributed by atoms with Crippen molar-refractivity contribution in [3.63, 3.8) is 0 Å². The van der Waals surface area contributed by atoms with Crippen molar-refractivity contribution < 1.29 is 4.74 Å². The molecule has 2 rings (SSSR count). The number of nitrogens with two attached hydrogens (primary N) is 1. The van der Waals surface area contributed by atoms with E-state index in [1.165, 1.54) is 6.07 Å². The van der Waals surface area contributed by atoms with Crippen LogP contribution in [0.5, 0.6) is 5.75 Å². The maximum Gasteiger partial charge on any atom is 0.223 e. The number of hydrogen-bond acceptors (Lipinski definition) is 3. The predicted octanol–water partition coefficient (Wildman–Crippen LogP) is 2.47. The van der Waals surface area contributed by atoms with E-state index in [1.54, 1.807) is 6.20 Å². The number of hydrogen-bond donors (Lipinski definition) is 1. The number of rotatable bonds is 6. The Morgan fingerprint density at radius 3 is 2.62 bits per heavy atom. The van der Waals surface area contributed by atoms with Crippen molar-refractivity contribution in [2.75, 3.05) is 0 Å². The summed E-state index contributed by atoms with van der Waals surface area (Å²) in [6.45, 7) is 5.02. The molecule has 0 amide bonds. The Morgan fingerprint density at radius 1 is 1.24 bits per heavy atom. The number of pyridine rings is 1. The zero-order chi connectivity index (χ0) is 15.2. The minimum absolute atomic E-state index is 0.0770. The van der Waals surface area contributed by atoms with Crippen LogP contribution < -0.4 is 15.9 Å². The van der Waals surface area contributed by atoms with Gasteiger partial charge >= 0.3 is 0 Å². The molecular formula is C17H22N2O2. The molecule has 2 aromatic rings. The topological polar surface area (TPSA) is 57.2 Å². The fourth-order valence-electron chi connectivity index (χ4n) is 2.14. The highest BCUT2D eigenvalue weighted by molar-refractivity contribution is 5.28. The van der Waals surface area contributed by atoms with Crippen molar-refractivity contribution in [2.45, 2.75) is 39.5 Å². The molecule has 1 atom stereocenters. The van der Waals surface area contributed by atoms with Crippen LogP contribution in [0, 0.1) is 6.92 Å². The minimum Gasteiger partial charge on any atom is -0.483 e. The minimum atomic E-state index is -0.0928. The van der Waals surface area contributed by atoms with E-state index in [0.717, 1.165) is 17.7 Å². The third-order valence-corrected chi connectivity index (χ3v) is 3.57. The van der Waals surface area contributed by atoms with Crippen LogP contribution in [0.2, 0.25) is 0 Å². The van der Waals surface area contributed by atoms with E-state index in [4.69, 9.17) is 10.5 Å². The summed E-state index contributed by atoms with van der Waals surface area (Å²) in [5.74, 6) is 0.407. The first kappa shape index (κ1) is 15.3. The Morgan fingerprint density at radius 2 is 1.95 bits per heavy atom. The molecule has 2 N–H and O–H groups in total. The Kier molecular flexibility index (Phi) is 5.17. The van der Waals surface area contributed by atoms with Gasteiger partial charge in [-0.2, -0.15) is 0 Å². The molecule has 0 saturated heterocycles. The van der Waals surface area contributed by atoms with Crippen LogP contribution in [0.3, 0.4) is 0 Å². The standard InChI is InChI=1S/C17H22N2O2/c1-3-15(18)11-19-10-9-16(20)17(13(19)2)21-12-14-7-5-4-6-8-14/h4-10,15H,3,11-12,18H2,1-2H3. The SMILES string of the molecule is CCC(N)Cn1ccc(=O)c(OCc2ccccc2)c1C. The van der Waals surface area contributed by atoms with Gasteiger partial charge in [-0.3, -0.25) is 4.79 Å². The molecule has 4 nitrogen and oxygen atoms in total. The van der Waals surface area contributed by atoms with Crippen molar-refractivity contribution >= 4 is 0 Å². The van der Waals surface area contributed by atoms with Gasteiger partial charge in [-0.1, -0.05) is 37.3 Å². The van der Waals surface area contributed by atoms with Gasteiger partial charge < -0.3 is 15.0 Å². The lowest BCUT2D eigenvalue weighted by atomic mass is 10.2. The molecule has 0 saturated carbocycles. The zero-order valence-corrected chi connectivity index (χ0v) is 12.6. The first-order chi connectivity index (χ1) is 10.1. The molecule has 21 heavy (non-hydrogen) atoms. The molecule has 0 aliphatic carbocycles. The van der Waals surface area contributed by atoms with Gasteiger partial charge in [-0.05, 0) is 18.9 Å². The van der Waals surface area contributed by atoms with Crippen LogP contribution in [0.4, 0.5) is 0 Å². The molecular weight excluding hydrogens is 264 g/mol. The van der Waals surface area contributed by atoms with E-state index in [-0.39, 0.29) is 11.5 Å². The number of benzene rings is 1. The number of nitrogens with zero attached hydrogens (tertiary/aromatic N) is 1. The Labute approximate surface area is 125 Å². The first-order valence-corrected chi connectivity index (χ1v) is 7.24. The van der Waals surface area contributed by atoms with Crippen molar-refractivity contribution in [1.82, 2.24) is 4.57 Å².